The van der Waals surface area contributed by atoms with Gasteiger partial charge in [0, 0.05) is 31.6 Å². The lowest BCUT2D eigenvalue weighted by Crippen LogP contribution is -2.62. The molecular formula is C32H45N5O5S. The Balaban J connectivity index is 1.69. The summed E-state index contributed by atoms with van der Waals surface area (Å²) in [6.45, 7) is 9.59. The SMILES string of the molecule is CC(C)(N)CN([C@H](COCc1ccccc1)C(=O)N1CCC2=NN(C(C)(C)C)C(=O)[C@]2(Cc2ccccc2)C1)S(C)(=O)=O. The number of nitrogens with zero attached hydrogens (tertiary/aromatic N) is 4. The molecule has 234 valence electrons. The normalized spacial score (nSPS) is 20.3. The molecule has 11 heteroatoms. The minimum absolute atomic E-state index is 0.0800. The molecule has 2 heterocycles. The summed E-state index contributed by atoms with van der Waals surface area (Å²) in [7, 11) is -3.87. The van der Waals surface area contributed by atoms with Gasteiger partial charge in [-0.2, -0.15) is 9.41 Å². The highest BCUT2D eigenvalue weighted by atomic mass is 32.2. The van der Waals surface area contributed by atoms with Crippen molar-refractivity contribution in [2.24, 2.45) is 16.3 Å². The summed E-state index contributed by atoms with van der Waals surface area (Å²) in [5.41, 5.74) is 6.38. The molecule has 0 unspecified atom stereocenters. The van der Waals surface area contributed by atoms with Crippen LogP contribution in [0.25, 0.3) is 0 Å². The van der Waals surface area contributed by atoms with Crippen molar-refractivity contribution in [3.05, 3.63) is 71.8 Å². The third kappa shape index (κ3) is 7.70. The number of hydrazone groups is 1. The zero-order chi connectivity index (χ0) is 31.6. The van der Waals surface area contributed by atoms with E-state index < -0.39 is 38.5 Å². The summed E-state index contributed by atoms with van der Waals surface area (Å²) in [5, 5.41) is 6.33. The summed E-state index contributed by atoms with van der Waals surface area (Å²) in [5.74, 6) is -0.576. The van der Waals surface area contributed by atoms with Crippen LogP contribution in [0.4, 0.5) is 0 Å². The van der Waals surface area contributed by atoms with Gasteiger partial charge in [-0.15, -0.1) is 0 Å². The van der Waals surface area contributed by atoms with E-state index in [1.54, 1.807) is 23.8 Å². The van der Waals surface area contributed by atoms with Crippen LogP contribution < -0.4 is 5.73 Å². The number of piperidine rings is 1. The van der Waals surface area contributed by atoms with Crippen LogP contribution in [0.1, 0.15) is 52.2 Å². The van der Waals surface area contributed by atoms with Crippen LogP contribution in [0.15, 0.2) is 65.8 Å². The molecular weight excluding hydrogens is 566 g/mol. The number of likely N-dealkylation sites (tertiary alicyclic amines) is 1. The van der Waals surface area contributed by atoms with Gasteiger partial charge in [-0.05, 0) is 52.2 Å². The standard InChI is InChI=1S/C32H45N5O5S/c1-30(2,3)37-29(39)32(19-24-13-9-7-10-14-24)23-35(18-17-27(32)34-37)28(38)26(21-42-20-25-15-11-8-12-16-25)36(43(6,40)41)22-31(4,5)33/h7-16,26H,17-23,33H2,1-6H3/t26-,32-/m1/s1. The fourth-order valence-corrected chi connectivity index (χ4v) is 6.89. The molecule has 4 rings (SSSR count). The zero-order valence-corrected chi connectivity index (χ0v) is 26.9. The van der Waals surface area contributed by atoms with Crippen LogP contribution in [-0.4, -0.2) is 89.8 Å². The van der Waals surface area contributed by atoms with Gasteiger partial charge in [-0.25, -0.2) is 13.4 Å². The van der Waals surface area contributed by atoms with Gasteiger partial charge in [-0.3, -0.25) is 9.59 Å². The second kappa shape index (κ2) is 12.5. The Labute approximate surface area is 255 Å². The number of sulfonamides is 1. The van der Waals surface area contributed by atoms with E-state index in [1.165, 1.54) is 0 Å². The van der Waals surface area contributed by atoms with Crippen LogP contribution in [-0.2, 0) is 37.4 Å². The molecule has 0 saturated carbocycles. The average molecular weight is 612 g/mol. The van der Waals surface area contributed by atoms with Crippen molar-refractivity contribution in [1.82, 2.24) is 14.2 Å². The molecule has 2 aromatic carbocycles. The first-order chi connectivity index (χ1) is 20.0. The number of amides is 2. The first-order valence-corrected chi connectivity index (χ1v) is 16.5. The number of nitrogens with two attached hydrogens (primary N) is 1. The van der Waals surface area contributed by atoms with E-state index in [0.29, 0.717) is 19.4 Å². The van der Waals surface area contributed by atoms with E-state index in [9.17, 15) is 18.0 Å². The molecule has 10 nitrogen and oxygen atoms in total. The van der Waals surface area contributed by atoms with Gasteiger partial charge in [-0.1, -0.05) is 60.7 Å². The highest BCUT2D eigenvalue weighted by Gasteiger charge is 2.56. The third-order valence-corrected chi connectivity index (χ3v) is 8.99. The number of carbonyl (C=O) groups is 2. The van der Waals surface area contributed by atoms with Gasteiger partial charge in [0.15, 0.2) is 0 Å². The molecule has 43 heavy (non-hydrogen) atoms. The molecule has 2 atom stereocenters. The lowest BCUT2D eigenvalue weighted by atomic mass is 9.73. The number of ether oxygens (including phenoxy) is 1. The Hall–Kier alpha value is -3.12. The summed E-state index contributed by atoms with van der Waals surface area (Å²) in [6.07, 6.45) is 1.86. The number of carbonyl (C=O) groups excluding carboxylic acids is 2. The van der Waals surface area contributed by atoms with Crippen molar-refractivity contribution >= 4 is 27.5 Å². The highest BCUT2D eigenvalue weighted by Crippen LogP contribution is 2.41. The molecule has 2 aliphatic rings. The maximum absolute atomic E-state index is 14.4. The van der Waals surface area contributed by atoms with E-state index in [1.807, 2.05) is 81.4 Å². The molecule has 0 aromatic heterocycles. The quantitative estimate of drug-likeness (QED) is 0.417. The summed E-state index contributed by atoms with van der Waals surface area (Å²) < 4.78 is 33.4. The van der Waals surface area contributed by atoms with E-state index in [4.69, 9.17) is 15.6 Å². The first-order valence-electron chi connectivity index (χ1n) is 14.6. The molecule has 1 fully saturated rings. The smallest absolute Gasteiger partial charge is 0.257 e. The van der Waals surface area contributed by atoms with Gasteiger partial charge in [0.2, 0.25) is 15.9 Å². The van der Waals surface area contributed by atoms with Crippen LogP contribution in [0, 0.1) is 5.41 Å². The van der Waals surface area contributed by atoms with Crippen molar-refractivity contribution in [3.8, 4) is 0 Å². The molecule has 2 aromatic rings. The predicted molar refractivity (Wildman–Crippen MR) is 168 cm³/mol. The van der Waals surface area contributed by atoms with E-state index in [2.05, 4.69) is 0 Å². The molecule has 0 spiro atoms. The minimum Gasteiger partial charge on any atom is -0.375 e. The lowest BCUT2D eigenvalue weighted by molar-refractivity contribution is -0.145. The Bertz CT molecular complexity index is 1430. The zero-order valence-electron chi connectivity index (χ0n) is 26.1. The molecule has 0 bridgehead atoms. The molecule has 0 aliphatic carbocycles. The van der Waals surface area contributed by atoms with Gasteiger partial charge < -0.3 is 15.4 Å². The Morgan fingerprint density at radius 1 is 1.05 bits per heavy atom. The number of rotatable bonds is 11. The lowest BCUT2D eigenvalue weighted by Gasteiger charge is -2.43. The Morgan fingerprint density at radius 2 is 1.63 bits per heavy atom. The maximum atomic E-state index is 14.4. The third-order valence-electron chi connectivity index (χ3n) is 7.76. The maximum Gasteiger partial charge on any atom is 0.257 e. The Kier molecular flexibility index (Phi) is 9.51. The molecule has 0 radical (unpaired) electrons. The van der Waals surface area contributed by atoms with Gasteiger partial charge in [0.25, 0.3) is 5.91 Å². The van der Waals surface area contributed by atoms with Crippen LogP contribution in [0.3, 0.4) is 0 Å². The predicted octanol–water partition coefficient (Wildman–Crippen LogP) is 3.03. The largest absolute Gasteiger partial charge is 0.375 e. The Morgan fingerprint density at radius 3 is 2.16 bits per heavy atom. The number of benzene rings is 2. The van der Waals surface area contributed by atoms with Crippen molar-refractivity contribution in [2.75, 3.05) is 32.5 Å². The number of hydrogen-bond donors (Lipinski definition) is 1. The minimum atomic E-state index is -3.87. The number of fused-ring (bicyclic) bond motifs is 1. The first kappa shape index (κ1) is 32.8. The van der Waals surface area contributed by atoms with Crippen LogP contribution in [0.2, 0.25) is 0 Å². The molecule has 2 aliphatic heterocycles. The van der Waals surface area contributed by atoms with Crippen molar-refractivity contribution < 1.29 is 22.7 Å². The topological polar surface area (TPSA) is 126 Å². The van der Waals surface area contributed by atoms with Crippen LogP contribution in [0.5, 0.6) is 0 Å². The van der Waals surface area contributed by atoms with Gasteiger partial charge in [0.1, 0.15) is 11.5 Å². The molecule has 1 saturated heterocycles. The van der Waals surface area contributed by atoms with Crippen molar-refractivity contribution in [2.45, 2.75) is 71.2 Å². The second-order valence-electron chi connectivity index (χ2n) is 13.4. The van der Waals surface area contributed by atoms with Crippen molar-refractivity contribution in [1.29, 1.82) is 0 Å². The van der Waals surface area contributed by atoms with Crippen molar-refractivity contribution in [3.63, 3.8) is 0 Å². The average Bonchev–Trinajstić information content (AvgIpc) is 3.21. The summed E-state index contributed by atoms with van der Waals surface area (Å²) in [4.78, 5) is 30.2. The monoisotopic (exact) mass is 611 g/mol. The second-order valence-corrected chi connectivity index (χ2v) is 15.3. The van der Waals surface area contributed by atoms with Crippen LogP contribution >= 0.6 is 0 Å². The fraction of sp³-hybridized carbons (Fsp3) is 0.531. The van der Waals surface area contributed by atoms with Gasteiger partial charge >= 0.3 is 0 Å². The summed E-state index contributed by atoms with van der Waals surface area (Å²) >= 11 is 0. The molecule has 2 amide bonds. The van der Waals surface area contributed by atoms with E-state index in [-0.39, 0.29) is 32.2 Å². The fourth-order valence-electron chi connectivity index (χ4n) is 5.71. The molecule has 2 N–H and O–H groups in total. The summed E-state index contributed by atoms with van der Waals surface area (Å²) in [6, 6.07) is 18.0. The van der Waals surface area contributed by atoms with E-state index >= 15 is 0 Å². The highest BCUT2D eigenvalue weighted by molar-refractivity contribution is 7.88. The number of hydrogen-bond acceptors (Lipinski definition) is 7. The van der Waals surface area contributed by atoms with Gasteiger partial charge in [0.05, 0.1) is 30.7 Å². The van der Waals surface area contributed by atoms with E-state index in [0.717, 1.165) is 27.4 Å².